The van der Waals surface area contributed by atoms with Crippen LogP contribution in [0.15, 0.2) is 66.6 Å². The number of morpholine rings is 1. The van der Waals surface area contributed by atoms with Gasteiger partial charge in [0.05, 0.1) is 50.1 Å². The maximum absolute atomic E-state index is 13.6. The molecule has 164 valence electrons. The zero-order chi connectivity index (χ0) is 22.1. The van der Waals surface area contributed by atoms with Crippen molar-refractivity contribution in [2.45, 2.75) is 31.8 Å². The van der Waals surface area contributed by atoms with Gasteiger partial charge >= 0.3 is 0 Å². The number of carbonyl (C=O) groups is 1. The van der Waals surface area contributed by atoms with E-state index in [2.05, 4.69) is 17.1 Å². The first-order valence-electron chi connectivity index (χ1n) is 11.0. The van der Waals surface area contributed by atoms with E-state index in [0.29, 0.717) is 13.2 Å². The predicted octanol–water partition coefficient (Wildman–Crippen LogP) is 4.34. The summed E-state index contributed by atoms with van der Waals surface area (Å²) < 4.78 is 13.4. The fourth-order valence-corrected chi connectivity index (χ4v) is 4.67. The van der Waals surface area contributed by atoms with Crippen LogP contribution < -0.4 is 4.74 Å². The molecule has 2 fully saturated rings. The van der Waals surface area contributed by atoms with Crippen molar-refractivity contribution in [3.8, 4) is 11.4 Å². The summed E-state index contributed by atoms with van der Waals surface area (Å²) in [5.41, 5.74) is 4.77. The van der Waals surface area contributed by atoms with Gasteiger partial charge in [-0.3, -0.25) is 4.79 Å². The Hall–Kier alpha value is -3.38. The number of imidazole rings is 1. The number of fused-ring (bicyclic) bond motifs is 1. The normalized spacial score (nSPS) is 22.1. The Morgan fingerprint density at radius 2 is 2.00 bits per heavy atom. The second-order valence-electron chi connectivity index (χ2n) is 8.39. The number of methoxy groups -OCH3 is 1. The molecule has 0 spiro atoms. The lowest BCUT2D eigenvalue weighted by atomic mass is 9.91. The topological polar surface area (TPSA) is 56.6 Å². The van der Waals surface area contributed by atoms with Crippen LogP contribution in [0, 0.1) is 6.92 Å². The minimum atomic E-state index is -0.0486. The summed E-state index contributed by atoms with van der Waals surface area (Å²) in [6, 6.07) is 16.2. The van der Waals surface area contributed by atoms with Crippen molar-refractivity contribution in [2.75, 3.05) is 20.3 Å². The molecule has 0 aliphatic carbocycles. The molecule has 6 nitrogen and oxygen atoms in total. The maximum atomic E-state index is 13.6. The Bertz CT molecular complexity index is 1150. The van der Waals surface area contributed by atoms with Crippen molar-refractivity contribution in [1.82, 2.24) is 14.5 Å². The van der Waals surface area contributed by atoms with Gasteiger partial charge in [-0.05, 0) is 49.1 Å². The zero-order valence-electron chi connectivity index (χ0n) is 18.4. The first kappa shape index (κ1) is 20.5. The minimum Gasteiger partial charge on any atom is -0.495 e. The molecule has 2 aliphatic rings. The van der Waals surface area contributed by atoms with Crippen molar-refractivity contribution >= 4 is 12.0 Å². The van der Waals surface area contributed by atoms with Crippen molar-refractivity contribution in [1.29, 1.82) is 0 Å². The van der Waals surface area contributed by atoms with Gasteiger partial charge in [0, 0.05) is 11.8 Å². The highest BCUT2D eigenvalue weighted by Crippen LogP contribution is 2.36. The van der Waals surface area contributed by atoms with Crippen LogP contribution in [0.1, 0.15) is 35.7 Å². The summed E-state index contributed by atoms with van der Waals surface area (Å²) in [7, 11) is 1.66. The van der Waals surface area contributed by atoms with E-state index in [1.807, 2.05) is 65.1 Å². The fourth-order valence-electron chi connectivity index (χ4n) is 4.67. The van der Waals surface area contributed by atoms with E-state index >= 15 is 0 Å². The van der Waals surface area contributed by atoms with E-state index in [1.165, 1.54) is 0 Å². The predicted molar refractivity (Wildman–Crippen MR) is 123 cm³/mol. The van der Waals surface area contributed by atoms with Crippen LogP contribution in [-0.4, -0.2) is 46.7 Å². The smallest absolute Gasteiger partial charge is 0.250 e. The molecule has 3 heterocycles. The van der Waals surface area contributed by atoms with Crippen molar-refractivity contribution < 1.29 is 14.3 Å². The first-order chi connectivity index (χ1) is 15.6. The second kappa shape index (κ2) is 8.63. The molecule has 2 aromatic carbocycles. The van der Waals surface area contributed by atoms with Crippen molar-refractivity contribution in [3.63, 3.8) is 0 Å². The highest BCUT2D eigenvalue weighted by Gasteiger charge is 2.39. The average molecular weight is 430 g/mol. The summed E-state index contributed by atoms with van der Waals surface area (Å²) in [4.78, 5) is 19.9. The number of hydrogen-bond acceptors (Lipinski definition) is 4. The SMILES string of the molecule is COc1cc(/C=C2\CC[C@H]3COC[C@@H](c4ccccc4)N3C2=O)ccc1-n1cnc(C)c1. The van der Waals surface area contributed by atoms with Gasteiger partial charge in [-0.1, -0.05) is 36.4 Å². The number of rotatable bonds is 4. The molecule has 2 aliphatic heterocycles. The Labute approximate surface area is 188 Å². The Balaban J connectivity index is 1.45. The Morgan fingerprint density at radius 3 is 2.75 bits per heavy atom. The van der Waals surface area contributed by atoms with Crippen LogP contribution in [-0.2, 0) is 9.53 Å². The zero-order valence-corrected chi connectivity index (χ0v) is 18.4. The van der Waals surface area contributed by atoms with Gasteiger partial charge in [0.25, 0.3) is 5.91 Å². The first-order valence-corrected chi connectivity index (χ1v) is 11.0. The van der Waals surface area contributed by atoms with E-state index in [9.17, 15) is 4.79 Å². The van der Waals surface area contributed by atoms with Gasteiger partial charge < -0.3 is 18.9 Å². The molecular formula is C26H27N3O3. The number of amides is 1. The van der Waals surface area contributed by atoms with E-state index in [0.717, 1.165) is 46.7 Å². The van der Waals surface area contributed by atoms with Gasteiger partial charge in [0.2, 0.25) is 0 Å². The molecule has 3 aromatic rings. The number of hydrogen-bond donors (Lipinski definition) is 0. The number of benzene rings is 2. The number of piperidine rings is 1. The summed E-state index contributed by atoms with van der Waals surface area (Å²) >= 11 is 0. The standard InChI is InChI=1S/C26H27N3O3/c1-18-14-28(17-27-18)23-11-8-19(13-25(23)31-2)12-21-9-10-22-15-32-16-24(29(22)26(21)30)20-6-4-3-5-7-20/h3-8,11-14,17,22,24H,9-10,15-16H2,1-2H3/b21-12+/t22-,24-/m0/s1. The Morgan fingerprint density at radius 1 is 1.16 bits per heavy atom. The third-order valence-corrected chi connectivity index (χ3v) is 6.29. The monoisotopic (exact) mass is 429 g/mol. The van der Waals surface area contributed by atoms with Crippen LogP contribution in [0.5, 0.6) is 5.75 Å². The minimum absolute atomic E-state index is 0.0486. The summed E-state index contributed by atoms with van der Waals surface area (Å²) in [6.07, 6.45) is 7.39. The van der Waals surface area contributed by atoms with Gasteiger partial charge in [-0.15, -0.1) is 0 Å². The maximum Gasteiger partial charge on any atom is 0.250 e. The van der Waals surface area contributed by atoms with E-state index in [4.69, 9.17) is 9.47 Å². The van der Waals surface area contributed by atoms with Gasteiger partial charge in [0.1, 0.15) is 5.75 Å². The van der Waals surface area contributed by atoms with Crippen LogP contribution in [0.3, 0.4) is 0 Å². The van der Waals surface area contributed by atoms with Crippen molar-refractivity contribution in [2.24, 2.45) is 0 Å². The van der Waals surface area contributed by atoms with E-state index in [-0.39, 0.29) is 18.0 Å². The summed E-state index contributed by atoms with van der Waals surface area (Å²) in [5, 5.41) is 0. The molecule has 0 saturated carbocycles. The third-order valence-electron chi connectivity index (χ3n) is 6.29. The lowest BCUT2D eigenvalue weighted by molar-refractivity contribution is -0.145. The van der Waals surface area contributed by atoms with Crippen molar-refractivity contribution in [3.05, 3.63) is 83.4 Å². The molecule has 2 saturated heterocycles. The molecule has 5 rings (SSSR count). The van der Waals surface area contributed by atoms with Crippen LogP contribution in [0.25, 0.3) is 11.8 Å². The molecule has 2 atom stereocenters. The summed E-state index contributed by atoms with van der Waals surface area (Å²) in [6.45, 7) is 3.10. The largest absolute Gasteiger partial charge is 0.495 e. The number of aromatic nitrogens is 2. The van der Waals surface area contributed by atoms with Gasteiger partial charge in [-0.25, -0.2) is 4.98 Å². The van der Waals surface area contributed by atoms with Gasteiger partial charge in [-0.2, -0.15) is 0 Å². The Kier molecular flexibility index (Phi) is 5.53. The molecule has 32 heavy (non-hydrogen) atoms. The summed E-state index contributed by atoms with van der Waals surface area (Å²) in [5.74, 6) is 0.845. The van der Waals surface area contributed by atoms with Crippen LogP contribution >= 0.6 is 0 Å². The van der Waals surface area contributed by atoms with Gasteiger partial charge in [0.15, 0.2) is 0 Å². The third kappa shape index (κ3) is 3.82. The second-order valence-corrected chi connectivity index (χ2v) is 8.39. The quantitative estimate of drug-likeness (QED) is 0.579. The lowest BCUT2D eigenvalue weighted by Crippen LogP contribution is -2.53. The molecule has 0 bridgehead atoms. The molecule has 0 radical (unpaired) electrons. The number of carbonyl (C=O) groups excluding carboxylic acids is 1. The fraction of sp³-hybridized carbons (Fsp3) is 0.308. The number of aryl methyl sites for hydroxylation is 1. The molecule has 1 amide bonds. The molecule has 6 heteroatoms. The highest BCUT2D eigenvalue weighted by molar-refractivity contribution is 5.99. The highest BCUT2D eigenvalue weighted by atomic mass is 16.5. The number of ether oxygens (including phenoxy) is 2. The van der Waals surface area contributed by atoms with Crippen LogP contribution in [0.4, 0.5) is 0 Å². The molecular weight excluding hydrogens is 402 g/mol. The lowest BCUT2D eigenvalue weighted by Gasteiger charge is -2.45. The number of nitrogens with zero attached hydrogens (tertiary/aromatic N) is 3. The van der Waals surface area contributed by atoms with Crippen LogP contribution in [0.2, 0.25) is 0 Å². The molecule has 0 unspecified atom stereocenters. The molecule has 0 N–H and O–H groups in total. The van der Waals surface area contributed by atoms with E-state index < -0.39 is 0 Å². The van der Waals surface area contributed by atoms with E-state index in [1.54, 1.807) is 13.4 Å². The average Bonchev–Trinajstić information content (AvgIpc) is 3.27. The molecule has 1 aromatic heterocycles.